The number of hydrogen-bond donors (Lipinski definition) is 2. The highest BCUT2D eigenvalue weighted by Crippen LogP contribution is 2.14. The molecule has 118 valence electrons. The van der Waals surface area contributed by atoms with E-state index in [1.807, 2.05) is 6.92 Å². The normalized spacial score (nSPS) is 16.6. The molecule has 0 saturated carbocycles. The first kappa shape index (κ1) is 15.9. The Morgan fingerprint density at radius 2 is 1.95 bits per heavy atom. The molecule has 8 nitrogen and oxygen atoms in total. The Hall–Kier alpha value is -1.48. The van der Waals surface area contributed by atoms with Crippen LogP contribution < -0.4 is 15.5 Å². The summed E-state index contributed by atoms with van der Waals surface area (Å²) in [4.78, 5) is 15.1. The molecule has 0 amide bonds. The highest BCUT2D eigenvalue weighted by molar-refractivity contribution is 7.84. The second kappa shape index (κ2) is 8.08. The van der Waals surface area contributed by atoms with Gasteiger partial charge in [-0.25, -0.2) is 0 Å². The maximum atomic E-state index is 11.4. The van der Waals surface area contributed by atoms with Crippen LogP contribution in [0, 0.1) is 0 Å². The van der Waals surface area contributed by atoms with Gasteiger partial charge in [-0.15, -0.1) is 0 Å². The van der Waals surface area contributed by atoms with Crippen molar-refractivity contribution in [3.8, 4) is 0 Å². The lowest BCUT2D eigenvalue weighted by atomic mass is 10.4. The van der Waals surface area contributed by atoms with E-state index in [-0.39, 0.29) is 0 Å². The molecule has 1 aromatic rings. The van der Waals surface area contributed by atoms with Gasteiger partial charge in [0.1, 0.15) is 0 Å². The zero-order valence-corrected chi connectivity index (χ0v) is 13.3. The summed E-state index contributed by atoms with van der Waals surface area (Å²) >= 11 is 0. The maximum Gasteiger partial charge on any atom is 0.232 e. The fourth-order valence-corrected chi connectivity index (χ4v) is 2.50. The van der Waals surface area contributed by atoms with E-state index in [1.165, 1.54) is 0 Å². The lowest BCUT2D eigenvalue weighted by Gasteiger charge is -2.27. The molecule has 1 fully saturated rings. The Morgan fingerprint density at radius 1 is 1.24 bits per heavy atom. The van der Waals surface area contributed by atoms with Gasteiger partial charge in [0.15, 0.2) is 0 Å². The predicted molar refractivity (Wildman–Crippen MR) is 84.4 cm³/mol. The molecule has 2 N–H and O–H groups in total. The van der Waals surface area contributed by atoms with Gasteiger partial charge < -0.3 is 20.3 Å². The van der Waals surface area contributed by atoms with Crippen LogP contribution in [0.4, 0.5) is 17.8 Å². The monoisotopic (exact) mass is 314 g/mol. The van der Waals surface area contributed by atoms with Gasteiger partial charge in [-0.2, -0.15) is 15.0 Å². The van der Waals surface area contributed by atoms with E-state index < -0.39 is 10.8 Å². The largest absolute Gasteiger partial charge is 0.378 e. The SMILES string of the molecule is CCS(=O)CCNc1nc(NC)nc(N2CCOCC2)n1. The number of rotatable bonds is 7. The van der Waals surface area contributed by atoms with Crippen molar-refractivity contribution >= 4 is 28.6 Å². The van der Waals surface area contributed by atoms with Crippen molar-refractivity contribution < 1.29 is 8.95 Å². The number of nitrogens with one attached hydrogen (secondary N) is 2. The van der Waals surface area contributed by atoms with Crippen LogP contribution in [0.15, 0.2) is 0 Å². The maximum absolute atomic E-state index is 11.4. The van der Waals surface area contributed by atoms with Crippen molar-refractivity contribution in [1.82, 2.24) is 15.0 Å². The second-order valence-electron chi connectivity index (χ2n) is 4.49. The zero-order valence-electron chi connectivity index (χ0n) is 12.5. The highest BCUT2D eigenvalue weighted by atomic mass is 32.2. The summed E-state index contributed by atoms with van der Waals surface area (Å²) in [6.45, 7) is 5.39. The lowest BCUT2D eigenvalue weighted by molar-refractivity contribution is 0.122. The summed E-state index contributed by atoms with van der Waals surface area (Å²) in [5, 5.41) is 6.05. The molecule has 0 spiro atoms. The van der Waals surface area contributed by atoms with Gasteiger partial charge in [-0.3, -0.25) is 4.21 Å². The second-order valence-corrected chi connectivity index (χ2v) is 6.36. The van der Waals surface area contributed by atoms with Gasteiger partial charge in [0.25, 0.3) is 0 Å². The van der Waals surface area contributed by atoms with Gasteiger partial charge in [0, 0.05) is 49.0 Å². The van der Waals surface area contributed by atoms with Crippen LogP contribution in [0.5, 0.6) is 0 Å². The summed E-state index contributed by atoms with van der Waals surface area (Å²) < 4.78 is 16.8. The third-order valence-corrected chi connectivity index (χ3v) is 4.38. The molecule has 9 heteroatoms. The van der Waals surface area contributed by atoms with Gasteiger partial charge >= 0.3 is 0 Å². The fourth-order valence-electron chi connectivity index (χ4n) is 1.88. The first-order chi connectivity index (χ1) is 10.2. The van der Waals surface area contributed by atoms with Crippen LogP contribution in [-0.2, 0) is 15.5 Å². The molecular formula is C12H22N6O2S. The Labute approximate surface area is 127 Å². The van der Waals surface area contributed by atoms with Crippen LogP contribution in [-0.4, -0.2) is 70.6 Å². The van der Waals surface area contributed by atoms with Crippen molar-refractivity contribution in [3.63, 3.8) is 0 Å². The average molecular weight is 314 g/mol. The van der Waals surface area contributed by atoms with Crippen LogP contribution in [0.1, 0.15) is 6.92 Å². The van der Waals surface area contributed by atoms with Gasteiger partial charge in [-0.1, -0.05) is 6.92 Å². The van der Waals surface area contributed by atoms with Crippen molar-refractivity contribution in [2.45, 2.75) is 6.92 Å². The molecule has 21 heavy (non-hydrogen) atoms. The molecule has 0 bridgehead atoms. The van der Waals surface area contributed by atoms with E-state index in [4.69, 9.17) is 4.74 Å². The molecule has 1 aromatic heterocycles. The summed E-state index contributed by atoms with van der Waals surface area (Å²) in [5.41, 5.74) is 0. The van der Waals surface area contributed by atoms with E-state index in [0.717, 1.165) is 13.1 Å². The molecule has 0 radical (unpaired) electrons. The smallest absolute Gasteiger partial charge is 0.232 e. The number of aromatic nitrogens is 3. The average Bonchev–Trinajstić information content (AvgIpc) is 2.55. The number of anilines is 3. The van der Waals surface area contributed by atoms with Crippen molar-refractivity contribution in [1.29, 1.82) is 0 Å². The summed E-state index contributed by atoms with van der Waals surface area (Å²) in [5.74, 6) is 2.91. The van der Waals surface area contributed by atoms with E-state index in [9.17, 15) is 4.21 Å². The molecule has 1 unspecified atom stereocenters. The molecule has 2 heterocycles. The topological polar surface area (TPSA) is 92.3 Å². The van der Waals surface area contributed by atoms with Gasteiger partial charge in [0.2, 0.25) is 17.8 Å². The number of nitrogens with zero attached hydrogens (tertiary/aromatic N) is 4. The molecule has 1 saturated heterocycles. The molecule has 1 aliphatic heterocycles. The Kier molecular flexibility index (Phi) is 6.12. The van der Waals surface area contributed by atoms with E-state index in [2.05, 4.69) is 30.5 Å². The van der Waals surface area contributed by atoms with Gasteiger partial charge in [0.05, 0.1) is 13.2 Å². The highest BCUT2D eigenvalue weighted by Gasteiger charge is 2.16. The third kappa shape index (κ3) is 4.78. The van der Waals surface area contributed by atoms with Crippen LogP contribution in [0.2, 0.25) is 0 Å². The first-order valence-corrected chi connectivity index (χ1v) is 8.57. The minimum Gasteiger partial charge on any atom is -0.378 e. The van der Waals surface area contributed by atoms with Crippen molar-refractivity contribution in [2.75, 3.05) is 66.9 Å². The molecule has 0 aliphatic carbocycles. The van der Waals surface area contributed by atoms with E-state index in [1.54, 1.807) is 7.05 Å². The molecule has 0 aromatic carbocycles. The number of hydrogen-bond acceptors (Lipinski definition) is 8. The van der Waals surface area contributed by atoms with Gasteiger partial charge in [-0.05, 0) is 0 Å². The Balaban J connectivity index is 2.04. The number of morpholine rings is 1. The van der Waals surface area contributed by atoms with Crippen LogP contribution in [0.25, 0.3) is 0 Å². The predicted octanol–water partition coefficient (Wildman–Crippen LogP) is -0.0696. The number of ether oxygens (including phenoxy) is 1. The standard InChI is InChI=1S/C12H22N6O2S/c1-3-21(19)9-4-14-11-15-10(13-2)16-12(17-11)18-5-7-20-8-6-18/h3-9H2,1-2H3,(H2,13,14,15,16,17). The molecule has 1 aliphatic rings. The quantitative estimate of drug-likeness (QED) is 0.722. The minimum absolute atomic E-state index is 0.504. The van der Waals surface area contributed by atoms with Crippen LogP contribution >= 0.6 is 0 Å². The molecular weight excluding hydrogens is 292 g/mol. The zero-order chi connectivity index (χ0) is 15.1. The fraction of sp³-hybridized carbons (Fsp3) is 0.750. The summed E-state index contributed by atoms with van der Waals surface area (Å²) in [6.07, 6.45) is 0. The minimum atomic E-state index is -0.794. The summed E-state index contributed by atoms with van der Waals surface area (Å²) in [6, 6.07) is 0. The Morgan fingerprint density at radius 3 is 2.62 bits per heavy atom. The molecule has 1 atom stereocenters. The van der Waals surface area contributed by atoms with Crippen LogP contribution in [0.3, 0.4) is 0 Å². The summed E-state index contributed by atoms with van der Waals surface area (Å²) in [7, 11) is 0.978. The lowest BCUT2D eigenvalue weighted by Crippen LogP contribution is -2.37. The first-order valence-electron chi connectivity index (χ1n) is 7.08. The van der Waals surface area contributed by atoms with Crippen molar-refractivity contribution in [2.24, 2.45) is 0 Å². The third-order valence-electron chi connectivity index (χ3n) is 3.08. The van der Waals surface area contributed by atoms with Crippen molar-refractivity contribution in [3.05, 3.63) is 0 Å². The molecule has 2 rings (SSSR count). The van der Waals surface area contributed by atoms with E-state index >= 15 is 0 Å². The van der Waals surface area contributed by atoms with E-state index in [0.29, 0.717) is 49.1 Å². The Bertz CT molecular complexity index is 481.